The van der Waals surface area contributed by atoms with Gasteiger partial charge >= 0.3 is 0 Å². The van der Waals surface area contributed by atoms with E-state index in [0.29, 0.717) is 6.42 Å². The van der Waals surface area contributed by atoms with Gasteiger partial charge in [0.25, 0.3) is 0 Å². The smallest absolute Gasteiger partial charge is 0.123 e. The first kappa shape index (κ1) is 13.7. The summed E-state index contributed by atoms with van der Waals surface area (Å²) in [6.07, 6.45) is 3.00. The average molecular weight is 262 g/mol. The SMILES string of the molecule is CCCn1nccc1C(C)(O)Cc1cccc(F)c1. The summed E-state index contributed by atoms with van der Waals surface area (Å²) >= 11 is 0. The molecule has 4 heteroatoms. The number of rotatable bonds is 5. The Labute approximate surface area is 112 Å². The average Bonchev–Trinajstić information content (AvgIpc) is 2.78. The van der Waals surface area contributed by atoms with Gasteiger partial charge in [0, 0.05) is 19.2 Å². The van der Waals surface area contributed by atoms with Crippen LogP contribution in [0.4, 0.5) is 4.39 Å². The number of benzene rings is 1. The van der Waals surface area contributed by atoms with E-state index in [0.717, 1.165) is 24.2 Å². The number of aliphatic hydroxyl groups is 1. The van der Waals surface area contributed by atoms with Crippen LogP contribution in [0.2, 0.25) is 0 Å². The van der Waals surface area contributed by atoms with Gasteiger partial charge in [0.05, 0.1) is 5.69 Å². The number of aromatic nitrogens is 2. The first-order valence-corrected chi connectivity index (χ1v) is 6.52. The second kappa shape index (κ2) is 5.53. The van der Waals surface area contributed by atoms with Crippen molar-refractivity contribution >= 4 is 0 Å². The zero-order valence-electron chi connectivity index (χ0n) is 11.3. The van der Waals surface area contributed by atoms with Crippen LogP contribution in [0.25, 0.3) is 0 Å². The van der Waals surface area contributed by atoms with Crippen LogP contribution in [-0.4, -0.2) is 14.9 Å². The Morgan fingerprint density at radius 3 is 2.84 bits per heavy atom. The molecule has 0 saturated carbocycles. The van der Waals surface area contributed by atoms with Gasteiger partial charge < -0.3 is 5.11 Å². The van der Waals surface area contributed by atoms with Crippen LogP contribution in [-0.2, 0) is 18.6 Å². The molecule has 3 nitrogen and oxygen atoms in total. The number of nitrogens with zero attached hydrogens (tertiary/aromatic N) is 2. The Morgan fingerprint density at radius 1 is 1.37 bits per heavy atom. The summed E-state index contributed by atoms with van der Waals surface area (Å²) in [5.74, 6) is -0.282. The molecule has 0 radical (unpaired) electrons. The zero-order chi connectivity index (χ0) is 13.9. The largest absolute Gasteiger partial charge is 0.384 e. The van der Waals surface area contributed by atoms with Crippen molar-refractivity contribution in [2.24, 2.45) is 0 Å². The molecule has 1 aromatic carbocycles. The van der Waals surface area contributed by atoms with E-state index in [2.05, 4.69) is 12.0 Å². The Kier molecular flexibility index (Phi) is 4.00. The molecule has 1 aromatic heterocycles. The number of hydrogen-bond acceptors (Lipinski definition) is 2. The highest BCUT2D eigenvalue weighted by atomic mass is 19.1. The third-order valence-corrected chi connectivity index (χ3v) is 3.14. The second-order valence-corrected chi connectivity index (χ2v) is 5.02. The normalized spacial score (nSPS) is 14.3. The van der Waals surface area contributed by atoms with Crippen molar-refractivity contribution < 1.29 is 9.50 Å². The molecule has 0 aliphatic rings. The molecular formula is C15H19FN2O. The van der Waals surface area contributed by atoms with E-state index in [1.165, 1.54) is 12.1 Å². The van der Waals surface area contributed by atoms with Crippen LogP contribution >= 0.6 is 0 Å². The van der Waals surface area contributed by atoms with Gasteiger partial charge in [-0.3, -0.25) is 4.68 Å². The highest BCUT2D eigenvalue weighted by molar-refractivity contribution is 5.22. The Balaban J connectivity index is 2.24. The second-order valence-electron chi connectivity index (χ2n) is 5.02. The highest BCUT2D eigenvalue weighted by Gasteiger charge is 2.27. The Hall–Kier alpha value is -1.68. The van der Waals surface area contributed by atoms with Crippen molar-refractivity contribution in [3.63, 3.8) is 0 Å². The van der Waals surface area contributed by atoms with Crippen LogP contribution < -0.4 is 0 Å². The van der Waals surface area contributed by atoms with Crippen LogP contribution in [0.1, 0.15) is 31.5 Å². The molecule has 1 N–H and O–H groups in total. The van der Waals surface area contributed by atoms with Gasteiger partial charge in [-0.25, -0.2) is 4.39 Å². The van der Waals surface area contributed by atoms with E-state index in [-0.39, 0.29) is 5.82 Å². The van der Waals surface area contributed by atoms with Gasteiger partial charge in [0.15, 0.2) is 0 Å². The summed E-state index contributed by atoms with van der Waals surface area (Å²) in [5, 5.41) is 14.9. The molecule has 19 heavy (non-hydrogen) atoms. The number of halogens is 1. The highest BCUT2D eigenvalue weighted by Crippen LogP contribution is 2.25. The van der Waals surface area contributed by atoms with Crippen molar-refractivity contribution in [1.29, 1.82) is 0 Å². The fourth-order valence-electron chi connectivity index (χ4n) is 2.32. The quantitative estimate of drug-likeness (QED) is 0.899. The molecule has 0 fully saturated rings. The monoisotopic (exact) mass is 262 g/mol. The predicted octanol–water partition coefficient (Wildman–Crippen LogP) is 2.88. The van der Waals surface area contributed by atoms with Gasteiger partial charge in [-0.15, -0.1) is 0 Å². The standard InChI is InChI=1S/C15H19FN2O/c1-3-9-18-14(7-8-17-18)15(2,19)11-12-5-4-6-13(16)10-12/h4-8,10,19H,3,9,11H2,1-2H3. The van der Waals surface area contributed by atoms with Crippen molar-refractivity contribution in [3.8, 4) is 0 Å². The first-order chi connectivity index (χ1) is 9.03. The minimum Gasteiger partial charge on any atom is -0.384 e. The minimum absolute atomic E-state index is 0.282. The molecule has 2 aromatic rings. The molecule has 0 spiro atoms. The van der Waals surface area contributed by atoms with Gasteiger partial charge in [0.2, 0.25) is 0 Å². The van der Waals surface area contributed by atoms with E-state index in [9.17, 15) is 9.50 Å². The minimum atomic E-state index is -1.06. The van der Waals surface area contributed by atoms with Crippen LogP contribution in [0.15, 0.2) is 36.5 Å². The fraction of sp³-hybridized carbons (Fsp3) is 0.400. The predicted molar refractivity (Wildman–Crippen MR) is 72.2 cm³/mol. The van der Waals surface area contributed by atoms with Gasteiger partial charge in [0.1, 0.15) is 11.4 Å². The van der Waals surface area contributed by atoms with E-state index in [1.807, 2.05) is 12.1 Å². The summed E-state index contributed by atoms with van der Waals surface area (Å²) < 4.78 is 15.0. The fourth-order valence-corrected chi connectivity index (χ4v) is 2.32. The molecular weight excluding hydrogens is 243 g/mol. The molecule has 1 heterocycles. The molecule has 0 aliphatic heterocycles. The number of aryl methyl sites for hydroxylation is 1. The lowest BCUT2D eigenvalue weighted by Gasteiger charge is -2.24. The molecule has 102 valence electrons. The van der Waals surface area contributed by atoms with Crippen LogP contribution in [0.3, 0.4) is 0 Å². The maximum atomic E-state index is 13.2. The summed E-state index contributed by atoms with van der Waals surface area (Å²) in [5.41, 5.74) is 0.479. The number of hydrogen-bond donors (Lipinski definition) is 1. The van der Waals surface area contributed by atoms with Gasteiger partial charge in [-0.1, -0.05) is 19.1 Å². The summed E-state index contributed by atoms with van der Waals surface area (Å²) in [6.45, 7) is 4.56. The van der Waals surface area contributed by atoms with Crippen molar-refractivity contribution in [3.05, 3.63) is 53.6 Å². The summed E-state index contributed by atoms with van der Waals surface area (Å²) in [6, 6.07) is 8.14. The van der Waals surface area contributed by atoms with Crippen LogP contribution in [0.5, 0.6) is 0 Å². The van der Waals surface area contributed by atoms with Crippen molar-refractivity contribution in [2.75, 3.05) is 0 Å². The Bertz CT molecular complexity index is 549. The third-order valence-electron chi connectivity index (χ3n) is 3.14. The lowest BCUT2D eigenvalue weighted by Crippen LogP contribution is -2.28. The maximum absolute atomic E-state index is 13.2. The van der Waals surface area contributed by atoms with Crippen molar-refractivity contribution in [1.82, 2.24) is 9.78 Å². The van der Waals surface area contributed by atoms with Crippen LogP contribution in [0, 0.1) is 5.82 Å². The first-order valence-electron chi connectivity index (χ1n) is 6.52. The van der Waals surface area contributed by atoms with E-state index >= 15 is 0 Å². The van der Waals surface area contributed by atoms with E-state index in [1.54, 1.807) is 23.9 Å². The lowest BCUT2D eigenvalue weighted by atomic mass is 9.93. The summed E-state index contributed by atoms with van der Waals surface area (Å²) in [4.78, 5) is 0. The molecule has 0 saturated heterocycles. The van der Waals surface area contributed by atoms with Gasteiger partial charge in [-0.2, -0.15) is 5.10 Å². The molecule has 0 amide bonds. The Morgan fingerprint density at radius 2 is 2.16 bits per heavy atom. The molecule has 2 rings (SSSR count). The molecule has 1 unspecified atom stereocenters. The summed E-state index contributed by atoms with van der Waals surface area (Å²) in [7, 11) is 0. The molecule has 1 atom stereocenters. The van der Waals surface area contributed by atoms with Gasteiger partial charge in [-0.05, 0) is 37.1 Å². The van der Waals surface area contributed by atoms with E-state index in [4.69, 9.17) is 0 Å². The van der Waals surface area contributed by atoms with Crippen molar-refractivity contribution in [2.45, 2.75) is 38.8 Å². The lowest BCUT2D eigenvalue weighted by molar-refractivity contribution is 0.0477. The molecule has 0 bridgehead atoms. The molecule has 0 aliphatic carbocycles. The maximum Gasteiger partial charge on any atom is 0.123 e. The topological polar surface area (TPSA) is 38.0 Å². The zero-order valence-corrected chi connectivity index (χ0v) is 11.3. The van der Waals surface area contributed by atoms with E-state index < -0.39 is 5.60 Å². The third kappa shape index (κ3) is 3.20.